The molecule has 0 N–H and O–H groups in total. The molecule has 0 fully saturated rings. The van der Waals surface area contributed by atoms with Crippen LogP contribution in [0.1, 0.15) is 5.56 Å². The van der Waals surface area contributed by atoms with Gasteiger partial charge in [0.15, 0.2) is 0 Å². The Labute approximate surface area is 135 Å². The normalized spacial score (nSPS) is 10.8. The molecular formula is C16H12F2N4O2. The topological polar surface area (TPSA) is 69.9 Å². The standard InChI is InChI=1S/C16H12F2N4O2/c17-16(18)24-14-5-3-12(9-20-14)13-4-6-15(23)22(21-13)10-11-2-1-7-19-8-11/h1-9,16H,10H2. The zero-order valence-electron chi connectivity index (χ0n) is 12.3. The molecule has 0 saturated heterocycles. The van der Waals surface area contributed by atoms with Crippen LogP contribution in [0.25, 0.3) is 11.3 Å². The van der Waals surface area contributed by atoms with Gasteiger partial charge in [0.2, 0.25) is 5.88 Å². The smallest absolute Gasteiger partial charge is 0.388 e. The predicted octanol–water partition coefficient (Wildman–Crippen LogP) is 2.35. The Hall–Kier alpha value is -3.16. The number of pyridine rings is 2. The third-order valence-electron chi connectivity index (χ3n) is 3.16. The van der Waals surface area contributed by atoms with E-state index in [4.69, 9.17) is 0 Å². The third-order valence-corrected chi connectivity index (χ3v) is 3.16. The molecule has 0 unspecified atom stereocenters. The Kier molecular flexibility index (Phi) is 4.55. The fourth-order valence-corrected chi connectivity index (χ4v) is 2.07. The van der Waals surface area contributed by atoms with Gasteiger partial charge in [-0.2, -0.15) is 13.9 Å². The maximum Gasteiger partial charge on any atom is 0.388 e. The Morgan fingerprint density at radius 1 is 1.12 bits per heavy atom. The van der Waals surface area contributed by atoms with E-state index in [1.807, 2.05) is 6.07 Å². The van der Waals surface area contributed by atoms with Crippen LogP contribution in [-0.4, -0.2) is 26.4 Å². The molecule has 0 aliphatic heterocycles. The maximum atomic E-state index is 12.1. The zero-order chi connectivity index (χ0) is 16.9. The Bertz CT molecular complexity index is 867. The fraction of sp³-hybridized carbons (Fsp3) is 0.125. The number of halogens is 2. The molecule has 0 aromatic carbocycles. The molecule has 0 aliphatic carbocycles. The van der Waals surface area contributed by atoms with Gasteiger partial charge in [-0.25, -0.2) is 9.67 Å². The number of alkyl halides is 2. The lowest BCUT2D eigenvalue weighted by Crippen LogP contribution is -2.22. The highest BCUT2D eigenvalue weighted by molar-refractivity contribution is 5.57. The van der Waals surface area contributed by atoms with Crippen LogP contribution in [0.2, 0.25) is 0 Å². The van der Waals surface area contributed by atoms with E-state index in [0.717, 1.165) is 5.56 Å². The van der Waals surface area contributed by atoms with E-state index in [1.54, 1.807) is 30.6 Å². The quantitative estimate of drug-likeness (QED) is 0.718. The number of ether oxygens (including phenoxy) is 1. The highest BCUT2D eigenvalue weighted by atomic mass is 19.3. The van der Waals surface area contributed by atoms with Gasteiger partial charge < -0.3 is 4.74 Å². The van der Waals surface area contributed by atoms with Gasteiger partial charge in [-0.15, -0.1) is 0 Å². The van der Waals surface area contributed by atoms with Gasteiger partial charge in [0.25, 0.3) is 5.56 Å². The van der Waals surface area contributed by atoms with Crippen LogP contribution >= 0.6 is 0 Å². The first-order valence-electron chi connectivity index (χ1n) is 7.00. The second kappa shape index (κ2) is 6.95. The Morgan fingerprint density at radius 3 is 2.67 bits per heavy atom. The van der Waals surface area contributed by atoms with Crippen molar-refractivity contribution in [1.82, 2.24) is 19.7 Å². The highest BCUT2D eigenvalue weighted by Gasteiger charge is 2.08. The molecule has 0 atom stereocenters. The molecule has 8 heteroatoms. The molecule has 24 heavy (non-hydrogen) atoms. The lowest BCUT2D eigenvalue weighted by molar-refractivity contribution is -0.0528. The average Bonchev–Trinajstić information content (AvgIpc) is 2.58. The number of hydrogen-bond donors (Lipinski definition) is 0. The molecule has 3 rings (SSSR count). The molecule has 0 amide bonds. The van der Waals surface area contributed by atoms with Crippen molar-refractivity contribution < 1.29 is 13.5 Å². The first-order valence-corrected chi connectivity index (χ1v) is 7.00. The Morgan fingerprint density at radius 2 is 2.00 bits per heavy atom. The summed E-state index contributed by atoms with van der Waals surface area (Å²) in [6, 6.07) is 9.42. The monoisotopic (exact) mass is 330 g/mol. The third kappa shape index (κ3) is 3.78. The van der Waals surface area contributed by atoms with E-state index >= 15 is 0 Å². The number of aromatic nitrogens is 4. The van der Waals surface area contributed by atoms with Crippen molar-refractivity contribution in [3.63, 3.8) is 0 Å². The van der Waals surface area contributed by atoms with E-state index in [9.17, 15) is 13.6 Å². The van der Waals surface area contributed by atoms with E-state index in [-0.39, 0.29) is 18.0 Å². The second-order valence-corrected chi connectivity index (χ2v) is 4.84. The van der Waals surface area contributed by atoms with Crippen molar-refractivity contribution in [1.29, 1.82) is 0 Å². The largest absolute Gasteiger partial charge is 0.417 e. The minimum absolute atomic E-state index is 0.183. The van der Waals surface area contributed by atoms with Crippen molar-refractivity contribution in [2.75, 3.05) is 0 Å². The predicted molar refractivity (Wildman–Crippen MR) is 81.7 cm³/mol. The molecule has 0 spiro atoms. The van der Waals surface area contributed by atoms with Crippen molar-refractivity contribution in [2.45, 2.75) is 13.2 Å². The minimum Gasteiger partial charge on any atom is -0.417 e. The number of hydrogen-bond acceptors (Lipinski definition) is 5. The fourth-order valence-electron chi connectivity index (χ4n) is 2.07. The molecule has 0 radical (unpaired) electrons. The average molecular weight is 330 g/mol. The van der Waals surface area contributed by atoms with Crippen molar-refractivity contribution >= 4 is 0 Å². The second-order valence-electron chi connectivity index (χ2n) is 4.84. The lowest BCUT2D eigenvalue weighted by atomic mass is 10.2. The highest BCUT2D eigenvalue weighted by Crippen LogP contribution is 2.18. The number of nitrogens with zero attached hydrogens (tertiary/aromatic N) is 4. The molecule has 0 saturated carbocycles. The summed E-state index contributed by atoms with van der Waals surface area (Å²) < 4.78 is 29.8. The molecule has 3 aromatic rings. The van der Waals surface area contributed by atoms with Gasteiger partial charge in [0, 0.05) is 36.3 Å². The summed E-state index contributed by atoms with van der Waals surface area (Å²) in [5.41, 5.74) is 1.66. The summed E-state index contributed by atoms with van der Waals surface area (Å²) in [6.45, 7) is -2.65. The Balaban J connectivity index is 1.86. The first-order chi connectivity index (χ1) is 11.6. The SMILES string of the molecule is O=c1ccc(-c2ccc(OC(F)F)nc2)nn1Cc1cccnc1. The van der Waals surface area contributed by atoms with Crippen molar-refractivity contribution in [2.24, 2.45) is 0 Å². The molecule has 3 heterocycles. The summed E-state index contributed by atoms with van der Waals surface area (Å²) in [5, 5.41) is 4.28. The summed E-state index contributed by atoms with van der Waals surface area (Å²) in [4.78, 5) is 19.7. The van der Waals surface area contributed by atoms with Crippen LogP contribution in [0, 0.1) is 0 Å². The molecule has 0 bridgehead atoms. The zero-order valence-corrected chi connectivity index (χ0v) is 12.3. The van der Waals surface area contributed by atoms with Crippen LogP contribution in [0.4, 0.5) is 8.78 Å². The van der Waals surface area contributed by atoms with Crippen LogP contribution in [0.15, 0.2) is 59.8 Å². The molecule has 3 aromatic heterocycles. The van der Waals surface area contributed by atoms with Crippen LogP contribution in [-0.2, 0) is 6.54 Å². The van der Waals surface area contributed by atoms with E-state index in [2.05, 4.69) is 19.8 Å². The van der Waals surface area contributed by atoms with Crippen LogP contribution in [0.3, 0.4) is 0 Å². The summed E-state index contributed by atoms with van der Waals surface area (Å²) in [5.74, 6) is -0.183. The summed E-state index contributed by atoms with van der Waals surface area (Å²) in [7, 11) is 0. The van der Waals surface area contributed by atoms with Crippen molar-refractivity contribution in [3.05, 3.63) is 70.9 Å². The van der Waals surface area contributed by atoms with E-state index in [0.29, 0.717) is 11.3 Å². The van der Waals surface area contributed by atoms with E-state index in [1.165, 1.54) is 23.0 Å². The first kappa shape index (κ1) is 15.7. The molecule has 6 nitrogen and oxygen atoms in total. The van der Waals surface area contributed by atoms with Gasteiger partial charge in [-0.3, -0.25) is 9.78 Å². The minimum atomic E-state index is -2.93. The van der Waals surface area contributed by atoms with Crippen LogP contribution in [0.5, 0.6) is 5.88 Å². The summed E-state index contributed by atoms with van der Waals surface area (Å²) in [6.07, 6.45) is 4.66. The molecular weight excluding hydrogens is 318 g/mol. The number of rotatable bonds is 5. The van der Waals surface area contributed by atoms with Crippen molar-refractivity contribution in [3.8, 4) is 17.1 Å². The maximum absolute atomic E-state index is 12.1. The molecule has 0 aliphatic rings. The van der Waals surface area contributed by atoms with Gasteiger partial charge in [-0.05, 0) is 23.8 Å². The van der Waals surface area contributed by atoms with E-state index < -0.39 is 6.61 Å². The van der Waals surface area contributed by atoms with Crippen LogP contribution < -0.4 is 10.3 Å². The molecule has 122 valence electrons. The summed E-state index contributed by atoms with van der Waals surface area (Å²) >= 11 is 0. The van der Waals surface area contributed by atoms with Gasteiger partial charge in [0.05, 0.1) is 12.2 Å². The van der Waals surface area contributed by atoms with Gasteiger partial charge in [0.1, 0.15) is 0 Å². The van der Waals surface area contributed by atoms with Gasteiger partial charge >= 0.3 is 6.61 Å². The van der Waals surface area contributed by atoms with Gasteiger partial charge in [-0.1, -0.05) is 6.07 Å². The lowest BCUT2D eigenvalue weighted by Gasteiger charge is -2.08.